The van der Waals surface area contributed by atoms with Gasteiger partial charge in [0.05, 0.1) is 27.9 Å². The van der Waals surface area contributed by atoms with Crippen molar-refractivity contribution in [3.05, 3.63) is 82.6 Å². The van der Waals surface area contributed by atoms with Crippen molar-refractivity contribution in [1.29, 1.82) is 0 Å². The lowest BCUT2D eigenvalue weighted by Gasteiger charge is -2.24. The molecule has 0 bridgehead atoms. The number of rotatable bonds is 8. The first kappa shape index (κ1) is 23.8. The molecule has 3 rings (SSSR count). The summed E-state index contributed by atoms with van der Waals surface area (Å²) in [5.41, 5.74) is 0.356. The Morgan fingerprint density at radius 1 is 1.03 bits per heavy atom. The van der Waals surface area contributed by atoms with E-state index in [0.717, 1.165) is 16.4 Å². The number of amides is 1. The molecule has 10 heteroatoms. The van der Waals surface area contributed by atoms with Crippen LogP contribution in [0.2, 0.25) is 10.0 Å². The van der Waals surface area contributed by atoms with Gasteiger partial charge in [0.1, 0.15) is 18.1 Å². The number of hydrogen-bond acceptors (Lipinski definition) is 4. The van der Waals surface area contributed by atoms with Crippen LogP contribution in [0.5, 0.6) is 5.75 Å². The molecule has 0 saturated heterocycles. The van der Waals surface area contributed by atoms with E-state index in [1.807, 2.05) is 6.92 Å². The zero-order valence-corrected chi connectivity index (χ0v) is 19.2. The molecule has 0 heterocycles. The predicted octanol–water partition coefficient (Wildman–Crippen LogP) is 5.37. The highest BCUT2D eigenvalue weighted by Gasteiger charge is 2.27. The average molecular weight is 497 g/mol. The maximum absolute atomic E-state index is 13.4. The Kier molecular flexibility index (Phi) is 7.60. The van der Waals surface area contributed by atoms with Gasteiger partial charge in [-0.25, -0.2) is 12.8 Å². The third-order valence-corrected chi connectivity index (χ3v) is 6.68. The largest absolute Gasteiger partial charge is 0.494 e. The smallest absolute Gasteiger partial charge is 0.264 e. The lowest BCUT2D eigenvalue weighted by atomic mass is 10.3. The first-order chi connectivity index (χ1) is 15.2. The summed E-state index contributed by atoms with van der Waals surface area (Å²) >= 11 is 12.0. The SMILES string of the molecule is CCOc1ccc(S(=O)(=O)N(CC(=O)Nc2cc(Cl)ccc2Cl)c2ccc(F)cc2)cc1. The van der Waals surface area contributed by atoms with Gasteiger partial charge in [-0.15, -0.1) is 0 Å². The molecule has 0 aliphatic carbocycles. The Bertz CT molecular complexity index is 1200. The molecule has 0 aliphatic heterocycles. The fourth-order valence-electron chi connectivity index (χ4n) is 2.84. The van der Waals surface area contributed by atoms with E-state index < -0.39 is 28.3 Å². The van der Waals surface area contributed by atoms with Crippen molar-refractivity contribution in [3.63, 3.8) is 0 Å². The van der Waals surface area contributed by atoms with Crippen molar-refractivity contribution in [3.8, 4) is 5.75 Å². The van der Waals surface area contributed by atoms with Crippen LogP contribution in [0.15, 0.2) is 71.6 Å². The Balaban J connectivity index is 1.93. The summed E-state index contributed by atoms with van der Waals surface area (Å²) < 4.78 is 46.4. The zero-order chi connectivity index (χ0) is 23.3. The zero-order valence-electron chi connectivity index (χ0n) is 16.9. The first-order valence-corrected chi connectivity index (χ1v) is 11.7. The van der Waals surface area contributed by atoms with Gasteiger partial charge in [0.15, 0.2) is 0 Å². The van der Waals surface area contributed by atoms with E-state index in [1.54, 1.807) is 6.07 Å². The van der Waals surface area contributed by atoms with Crippen LogP contribution in [0.25, 0.3) is 0 Å². The minimum atomic E-state index is -4.17. The van der Waals surface area contributed by atoms with Crippen LogP contribution >= 0.6 is 23.2 Å². The maximum Gasteiger partial charge on any atom is 0.264 e. The van der Waals surface area contributed by atoms with Gasteiger partial charge in [-0.2, -0.15) is 0 Å². The molecule has 0 aromatic heterocycles. The fourth-order valence-corrected chi connectivity index (χ4v) is 4.60. The van der Waals surface area contributed by atoms with Gasteiger partial charge in [0, 0.05) is 5.02 Å². The van der Waals surface area contributed by atoms with Gasteiger partial charge >= 0.3 is 0 Å². The summed E-state index contributed by atoms with van der Waals surface area (Å²) in [5, 5.41) is 3.15. The molecule has 0 atom stereocenters. The summed E-state index contributed by atoms with van der Waals surface area (Å²) in [6.45, 7) is 1.66. The minimum absolute atomic E-state index is 0.0566. The van der Waals surface area contributed by atoms with Gasteiger partial charge < -0.3 is 10.1 Å². The Hall–Kier alpha value is -2.81. The topological polar surface area (TPSA) is 75.7 Å². The van der Waals surface area contributed by atoms with Crippen molar-refractivity contribution >= 4 is 50.5 Å². The van der Waals surface area contributed by atoms with E-state index in [1.165, 1.54) is 48.5 Å². The number of nitrogens with zero attached hydrogens (tertiary/aromatic N) is 1. The highest BCUT2D eigenvalue weighted by molar-refractivity contribution is 7.92. The second kappa shape index (κ2) is 10.2. The van der Waals surface area contributed by atoms with Crippen LogP contribution in [0, 0.1) is 5.82 Å². The number of nitrogens with one attached hydrogen (secondary N) is 1. The molecule has 0 aliphatic rings. The number of sulfonamides is 1. The molecule has 0 radical (unpaired) electrons. The summed E-state index contributed by atoms with van der Waals surface area (Å²) in [7, 11) is -4.17. The van der Waals surface area contributed by atoms with E-state index in [0.29, 0.717) is 17.4 Å². The van der Waals surface area contributed by atoms with Gasteiger partial charge in [0.2, 0.25) is 5.91 Å². The van der Waals surface area contributed by atoms with Gasteiger partial charge in [-0.3, -0.25) is 9.10 Å². The number of ether oxygens (including phenoxy) is 1. The third kappa shape index (κ3) is 5.70. The summed E-state index contributed by atoms with van der Waals surface area (Å²) in [4.78, 5) is 12.7. The van der Waals surface area contributed by atoms with E-state index in [4.69, 9.17) is 27.9 Å². The predicted molar refractivity (Wildman–Crippen MR) is 124 cm³/mol. The lowest BCUT2D eigenvalue weighted by Crippen LogP contribution is -2.38. The second-order valence-corrected chi connectivity index (χ2v) is 9.27. The number of benzene rings is 3. The van der Waals surface area contributed by atoms with Crippen LogP contribution in [0.3, 0.4) is 0 Å². The summed E-state index contributed by atoms with van der Waals surface area (Å²) in [5.74, 6) is -0.691. The van der Waals surface area contributed by atoms with Crippen molar-refractivity contribution in [2.24, 2.45) is 0 Å². The Morgan fingerprint density at radius 3 is 2.31 bits per heavy atom. The van der Waals surface area contributed by atoms with Gasteiger partial charge in [-0.05, 0) is 73.7 Å². The van der Waals surface area contributed by atoms with Crippen LogP contribution in [-0.2, 0) is 14.8 Å². The van der Waals surface area contributed by atoms with E-state index >= 15 is 0 Å². The van der Waals surface area contributed by atoms with Gasteiger partial charge in [0.25, 0.3) is 10.0 Å². The van der Waals surface area contributed by atoms with Crippen LogP contribution in [0.1, 0.15) is 6.92 Å². The number of carbonyl (C=O) groups excluding carboxylic acids is 1. The van der Waals surface area contributed by atoms with Crippen LogP contribution in [-0.4, -0.2) is 27.5 Å². The van der Waals surface area contributed by atoms with Crippen LogP contribution in [0.4, 0.5) is 15.8 Å². The monoisotopic (exact) mass is 496 g/mol. The number of hydrogen-bond donors (Lipinski definition) is 1. The second-order valence-electron chi connectivity index (χ2n) is 6.56. The molecule has 168 valence electrons. The molecular formula is C22H19Cl2FN2O4S. The third-order valence-electron chi connectivity index (χ3n) is 4.33. The normalized spacial score (nSPS) is 11.1. The number of halogens is 3. The molecule has 1 N–H and O–H groups in total. The molecule has 6 nitrogen and oxygen atoms in total. The molecule has 3 aromatic rings. The van der Waals surface area contributed by atoms with Gasteiger partial charge in [-0.1, -0.05) is 23.2 Å². The van der Waals surface area contributed by atoms with Crippen molar-refractivity contribution in [2.75, 3.05) is 22.8 Å². The van der Waals surface area contributed by atoms with E-state index in [-0.39, 0.29) is 21.3 Å². The molecule has 32 heavy (non-hydrogen) atoms. The van der Waals surface area contributed by atoms with Crippen LogP contribution < -0.4 is 14.4 Å². The number of anilines is 2. The van der Waals surface area contributed by atoms with E-state index in [2.05, 4.69) is 5.32 Å². The summed E-state index contributed by atoms with van der Waals surface area (Å²) in [6.07, 6.45) is 0. The van der Waals surface area contributed by atoms with E-state index in [9.17, 15) is 17.6 Å². The van der Waals surface area contributed by atoms with Crippen molar-refractivity contribution in [1.82, 2.24) is 0 Å². The fraction of sp³-hybridized carbons (Fsp3) is 0.136. The molecule has 0 saturated carbocycles. The Morgan fingerprint density at radius 2 is 1.69 bits per heavy atom. The first-order valence-electron chi connectivity index (χ1n) is 9.47. The summed E-state index contributed by atoms with van der Waals surface area (Å²) in [6, 6.07) is 15.1. The average Bonchev–Trinajstić information content (AvgIpc) is 2.76. The lowest BCUT2D eigenvalue weighted by molar-refractivity contribution is -0.114. The minimum Gasteiger partial charge on any atom is -0.494 e. The van der Waals surface area contributed by atoms with Crippen molar-refractivity contribution in [2.45, 2.75) is 11.8 Å². The van der Waals surface area contributed by atoms with Crippen molar-refractivity contribution < 1.29 is 22.3 Å². The highest BCUT2D eigenvalue weighted by atomic mass is 35.5. The molecule has 0 fully saturated rings. The molecule has 0 unspecified atom stereocenters. The maximum atomic E-state index is 13.4. The number of carbonyl (C=O) groups is 1. The molecule has 1 amide bonds. The Labute approximate surface area is 195 Å². The standard InChI is InChI=1S/C22H19Cl2FN2O4S/c1-2-31-18-8-10-19(11-9-18)32(29,30)27(17-6-4-16(25)5-7-17)14-22(28)26-21-13-15(23)3-12-20(21)24/h3-13H,2,14H2,1H3,(H,26,28). The molecular weight excluding hydrogens is 478 g/mol. The molecule has 0 spiro atoms. The highest BCUT2D eigenvalue weighted by Crippen LogP contribution is 2.28. The quantitative estimate of drug-likeness (QED) is 0.455. The molecule has 3 aromatic carbocycles.